The first-order chi connectivity index (χ1) is 34.5. The maximum absolute atomic E-state index is 14.2. The molecule has 0 unspecified atom stereocenters. The first-order valence-electron chi connectivity index (χ1n) is 23.4. The van der Waals surface area contributed by atoms with E-state index in [2.05, 4.69) is 16.4 Å². The third-order valence-corrected chi connectivity index (χ3v) is 13.1. The Bertz CT molecular complexity index is 2790. The highest BCUT2D eigenvalue weighted by Gasteiger charge is 2.44. The smallest absolute Gasteiger partial charge is 0.411 e. The van der Waals surface area contributed by atoms with Crippen molar-refractivity contribution in [3.8, 4) is 22.3 Å². The second kappa shape index (κ2) is 24.2. The van der Waals surface area contributed by atoms with Gasteiger partial charge in [-0.1, -0.05) is 72.8 Å². The van der Waals surface area contributed by atoms with Crippen LogP contribution in [0.15, 0.2) is 133 Å². The summed E-state index contributed by atoms with van der Waals surface area (Å²) < 4.78 is 93.6. The summed E-state index contributed by atoms with van der Waals surface area (Å²) in [4.78, 5) is 41.1. The number of carbonyl (C=O) groups is 3. The number of hydrogen-bond donors (Lipinski definition) is 4. The first kappa shape index (κ1) is 54.0. The van der Waals surface area contributed by atoms with E-state index in [-0.39, 0.29) is 36.0 Å². The molecule has 0 bridgehead atoms. The molecular formula is C55H58F6N6O5. The lowest BCUT2D eigenvalue weighted by atomic mass is 9.85. The van der Waals surface area contributed by atoms with Gasteiger partial charge in [0, 0.05) is 75.6 Å². The van der Waals surface area contributed by atoms with Gasteiger partial charge in [0.1, 0.15) is 46.1 Å². The molecule has 4 atom stereocenters. The molecule has 0 saturated carbocycles. The molecule has 380 valence electrons. The van der Waals surface area contributed by atoms with Crippen molar-refractivity contribution in [2.24, 2.45) is 11.5 Å². The van der Waals surface area contributed by atoms with E-state index in [0.29, 0.717) is 67.6 Å². The number of carbonyl (C=O) groups excluding carboxylic acids is 3. The minimum Gasteiger partial charge on any atom is -0.438 e. The predicted octanol–water partition coefficient (Wildman–Crippen LogP) is 11.4. The lowest BCUT2D eigenvalue weighted by molar-refractivity contribution is -0.0650. The van der Waals surface area contributed by atoms with Crippen LogP contribution in [0, 0.1) is 34.9 Å². The second-order valence-corrected chi connectivity index (χ2v) is 17.3. The Hall–Kier alpha value is -7.37. The molecule has 6 N–H and O–H groups in total. The fraction of sp³-hybridized carbons (Fsp3) is 0.291. The number of nitrogens with one attached hydrogen (secondary N) is 2. The summed E-state index contributed by atoms with van der Waals surface area (Å²) in [6.45, 7) is 5.13. The zero-order valence-electron chi connectivity index (χ0n) is 40.4. The minimum absolute atomic E-state index is 0.251. The monoisotopic (exact) mass is 996 g/mol. The molecule has 2 heterocycles. The molecule has 11 nitrogen and oxygen atoms in total. The maximum Gasteiger partial charge on any atom is 0.411 e. The van der Waals surface area contributed by atoms with Crippen LogP contribution in [0.3, 0.4) is 0 Å². The van der Waals surface area contributed by atoms with Crippen LogP contribution in [-0.4, -0.2) is 68.3 Å². The average molecular weight is 997 g/mol. The molecule has 6 aromatic carbocycles. The number of nitrogens with zero attached hydrogens (tertiary/aromatic N) is 2. The Morgan fingerprint density at radius 2 is 0.958 bits per heavy atom. The summed E-state index contributed by atoms with van der Waals surface area (Å²) in [6, 6.07) is 31.9. The van der Waals surface area contributed by atoms with Crippen molar-refractivity contribution < 1.29 is 50.2 Å². The van der Waals surface area contributed by atoms with Crippen LogP contribution in [-0.2, 0) is 20.7 Å². The summed E-state index contributed by atoms with van der Waals surface area (Å²) in [5.41, 5.74) is 13.2. The van der Waals surface area contributed by atoms with E-state index in [0.717, 1.165) is 28.8 Å². The standard InChI is InChI=1S/C28H28F3N3O3.C26H25F3N2O2.CH5N/c1-18(19-3-5-20(6-4-19)24-12-11-23(30)17-25(24)31)34-16-14-28(37-27(34)36,13-15-33-26(35)32-2)21-7-9-22(29)10-8-21;1-17(18-2-4-19(5-3-18)23-11-10-22(28)16-24(23)29)31-15-13-26(12-14-30,33-25(31)32)20-6-8-21(27)9-7-20;1-2/h3-12,17-18H,13-16H2,1-2H3,(H2,32,33,35);2-11,16-17H,12-15,30H2,1H3;2H2,1H3/t18-,28+;17-,26+;/m00./s1. The quantitative estimate of drug-likeness (QED) is 0.0841. The van der Waals surface area contributed by atoms with E-state index in [9.17, 15) is 40.7 Å². The predicted molar refractivity (Wildman–Crippen MR) is 263 cm³/mol. The normalized spacial score (nSPS) is 18.3. The summed E-state index contributed by atoms with van der Waals surface area (Å²) in [5, 5.41) is 5.19. The molecule has 8 rings (SSSR count). The third kappa shape index (κ3) is 12.6. The van der Waals surface area contributed by atoms with Crippen molar-refractivity contribution in [1.29, 1.82) is 0 Å². The lowest BCUT2D eigenvalue weighted by Crippen LogP contribution is -2.50. The van der Waals surface area contributed by atoms with E-state index in [1.807, 2.05) is 26.0 Å². The van der Waals surface area contributed by atoms with Crippen molar-refractivity contribution in [3.63, 3.8) is 0 Å². The van der Waals surface area contributed by atoms with Gasteiger partial charge in [0.25, 0.3) is 0 Å². The SMILES string of the molecule is CN.CNC(=O)NCC[C@]1(c2ccc(F)cc2)CCN([C@@H](C)c2ccc(-c3ccc(F)cc3F)cc2)C(=O)O1.C[C@@H](c1ccc(-c2ccc(F)cc2F)cc1)N1CC[C@](CCN)(c2ccc(F)cc2)OC1=O. The Balaban J connectivity index is 0.000000229. The van der Waals surface area contributed by atoms with Crippen molar-refractivity contribution in [2.75, 3.05) is 40.3 Å². The Kier molecular flexibility index (Phi) is 18.1. The van der Waals surface area contributed by atoms with Gasteiger partial charge >= 0.3 is 18.2 Å². The van der Waals surface area contributed by atoms with E-state index in [4.69, 9.17) is 15.2 Å². The molecule has 72 heavy (non-hydrogen) atoms. The van der Waals surface area contributed by atoms with Crippen LogP contribution in [0.25, 0.3) is 22.3 Å². The fourth-order valence-electron chi connectivity index (χ4n) is 8.99. The van der Waals surface area contributed by atoms with Crippen molar-refractivity contribution in [3.05, 3.63) is 191 Å². The molecular weight excluding hydrogens is 939 g/mol. The largest absolute Gasteiger partial charge is 0.438 e. The number of nitrogens with two attached hydrogens (primary N) is 2. The van der Waals surface area contributed by atoms with Crippen molar-refractivity contribution in [1.82, 2.24) is 20.4 Å². The van der Waals surface area contributed by atoms with Gasteiger partial charge in [-0.25, -0.2) is 40.7 Å². The minimum atomic E-state index is -1.02. The Labute approximate surface area is 415 Å². The molecule has 0 spiro atoms. The first-order valence-corrected chi connectivity index (χ1v) is 23.4. The van der Waals surface area contributed by atoms with Crippen LogP contribution in [0.2, 0.25) is 0 Å². The highest BCUT2D eigenvalue weighted by Crippen LogP contribution is 2.41. The highest BCUT2D eigenvalue weighted by atomic mass is 19.2. The molecule has 2 saturated heterocycles. The lowest BCUT2D eigenvalue weighted by Gasteiger charge is -2.43. The van der Waals surface area contributed by atoms with Crippen molar-refractivity contribution in [2.45, 2.75) is 62.8 Å². The molecule has 4 amide bonds. The second-order valence-electron chi connectivity index (χ2n) is 17.3. The highest BCUT2D eigenvalue weighted by molar-refractivity contribution is 5.74. The van der Waals surface area contributed by atoms with Gasteiger partial charge in [-0.05, 0) is 109 Å². The van der Waals surface area contributed by atoms with Gasteiger partial charge in [0.15, 0.2) is 0 Å². The Morgan fingerprint density at radius 1 is 0.583 bits per heavy atom. The van der Waals surface area contributed by atoms with Crippen molar-refractivity contribution >= 4 is 18.2 Å². The molecule has 0 radical (unpaired) electrons. The van der Waals surface area contributed by atoms with Gasteiger partial charge in [-0.2, -0.15) is 0 Å². The molecule has 17 heteroatoms. The van der Waals surface area contributed by atoms with E-state index >= 15 is 0 Å². The summed E-state index contributed by atoms with van der Waals surface area (Å²) in [7, 11) is 3.01. The molecule has 2 fully saturated rings. The number of ether oxygens (including phenoxy) is 2. The van der Waals surface area contributed by atoms with Crippen LogP contribution >= 0.6 is 0 Å². The molecule has 0 aliphatic carbocycles. The van der Waals surface area contributed by atoms with Gasteiger partial charge in [0.2, 0.25) is 0 Å². The maximum atomic E-state index is 14.2. The van der Waals surface area contributed by atoms with Crippen LogP contribution in [0.1, 0.15) is 73.9 Å². The summed E-state index contributed by atoms with van der Waals surface area (Å²) in [5.74, 6) is -3.31. The summed E-state index contributed by atoms with van der Waals surface area (Å²) >= 11 is 0. The van der Waals surface area contributed by atoms with E-state index in [1.165, 1.54) is 62.6 Å². The summed E-state index contributed by atoms with van der Waals surface area (Å²) in [6.07, 6.45) is 0.702. The zero-order valence-corrected chi connectivity index (χ0v) is 40.4. The number of amides is 4. The third-order valence-electron chi connectivity index (χ3n) is 13.1. The topological polar surface area (TPSA) is 152 Å². The molecule has 2 aliphatic heterocycles. The number of hydrogen-bond acceptors (Lipinski definition) is 7. The number of benzene rings is 6. The van der Waals surface area contributed by atoms with E-state index < -0.39 is 52.5 Å². The van der Waals surface area contributed by atoms with Crippen LogP contribution in [0.4, 0.5) is 40.7 Å². The molecule has 0 aromatic heterocycles. The molecule has 2 aliphatic rings. The molecule has 6 aromatic rings. The van der Waals surface area contributed by atoms with Gasteiger partial charge in [-0.15, -0.1) is 0 Å². The Morgan fingerprint density at radius 3 is 1.31 bits per heavy atom. The van der Waals surface area contributed by atoms with Crippen LogP contribution < -0.4 is 22.1 Å². The zero-order chi connectivity index (χ0) is 52.2. The van der Waals surface area contributed by atoms with E-state index in [1.54, 1.807) is 70.5 Å². The van der Waals surface area contributed by atoms with Gasteiger partial charge in [-0.3, -0.25) is 0 Å². The fourth-order valence-corrected chi connectivity index (χ4v) is 8.99. The average Bonchev–Trinajstić information content (AvgIpc) is 3.37. The number of urea groups is 1. The van der Waals surface area contributed by atoms with Crippen LogP contribution in [0.5, 0.6) is 0 Å². The van der Waals surface area contributed by atoms with Gasteiger partial charge in [0.05, 0.1) is 12.1 Å². The van der Waals surface area contributed by atoms with Gasteiger partial charge < -0.3 is 41.4 Å². The number of rotatable bonds is 13. The number of cyclic esters (lactones) is 2. The number of halogens is 6.